The maximum atomic E-state index is 14.6. The number of carbonyl (C=O) groups is 1. The molecule has 0 spiro atoms. The molecule has 0 aliphatic heterocycles. The van der Waals surface area contributed by atoms with Crippen molar-refractivity contribution in [2.75, 3.05) is 0 Å². The summed E-state index contributed by atoms with van der Waals surface area (Å²) < 4.78 is 14.6. The van der Waals surface area contributed by atoms with E-state index in [-0.39, 0.29) is 5.56 Å². The Bertz CT molecular complexity index is 391. The van der Waals surface area contributed by atoms with Gasteiger partial charge < -0.3 is 10.8 Å². The van der Waals surface area contributed by atoms with Crippen LogP contribution in [0.4, 0.5) is 4.39 Å². The van der Waals surface area contributed by atoms with Crippen molar-refractivity contribution in [2.45, 2.75) is 32.5 Å². The van der Waals surface area contributed by atoms with E-state index in [1.807, 2.05) is 0 Å². The Morgan fingerprint density at radius 3 is 2.35 bits per heavy atom. The summed E-state index contributed by atoms with van der Waals surface area (Å²) >= 11 is 0. The van der Waals surface area contributed by atoms with Gasteiger partial charge in [-0.3, -0.25) is 0 Å². The van der Waals surface area contributed by atoms with E-state index in [0.717, 1.165) is 5.56 Å². The van der Waals surface area contributed by atoms with E-state index in [0.29, 0.717) is 13.0 Å². The predicted molar refractivity (Wildman–Crippen MR) is 64.2 cm³/mol. The fraction of sp³-hybridized carbons (Fsp3) is 0.462. The molecule has 0 bridgehead atoms. The quantitative estimate of drug-likeness (QED) is 0.829. The Kier molecular flexibility index (Phi) is 4.23. The first kappa shape index (κ1) is 13.6. The van der Waals surface area contributed by atoms with Crippen LogP contribution in [-0.4, -0.2) is 11.1 Å². The lowest BCUT2D eigenvalue weighted by Crippen LogP contribution is -2.37. The molecule has 0 heterocycles. The standard InChI is InChI=1S/C13H18FNO2/c1-3-9(2)13(14,12(16)17)11-6-4-10(8-15)5-7-11/h4-7,9H,3,8,15H2,1-2H3,(H,16,17). The number of aliphatic carboxylic acids is 1. The smallest absolute Gasteiger partial charge is 0.346 e. The van der Waals surface area contributed by atoms with Crippen LogP contribution in [0.15, 0.2) is 24.3 Å². The highest BCUT2D eigenvalue weighted by Gasteiger charge is 2.45. The van der Waals surface area contributed by atoms with Crippen LogP contribution in [0.1, 0.15) is 31.4 Å². The number of carboxylic acids is 1. The molecule has 1 aromatic carbocycles. The molecule has 0 aliphatic rings. The van der Waals surface area contributed by atoms with Crippen LogP contribution in [0.2, 0.25) is 0 Å². The molecule has 1 rings (SSSR count). The summed E-state index contributed by atoms with van der Waals surface area (Å²) in [5.41, 5.74) is 4.14. The second-order valence-electron chi connectivity index (χ2n) is 4.23. The second-order valence-corrected chi connectivity index (χ2v) is 4.23. The third-order valence-electron chi connectivity index (χ3n) is 3.21. The minimum Gasteiger partial charge on any atom is -0.479 e. The van der Waals surface area contributed by atoms with E-state index in [1.54, 1.807) is 26.0 Å². The molecular weight excluding hydrogens is 221 g/mol. The molecule has 94 valence electrons. The largest absolute Gasteiger partial charge is 0.479 e. The highest BCUT2D eigenvalue weighted by molar-refractivity contribution is 5.79. The Labute approximate surface area is 100 Å². The Morgan fingerprint density at radius 2 is 2.00 bits per heavy atom. The molecule has 0 aromatic heterocycles. The first-order valence-electron chi connectivity index (χ1n) is 5.68. The van der Waals surface area contributed by atoms with Gasteiger partial charge in [-0.2, -0.15) is 0 Å². The molecule has 0 saturated heterocycles. The summed E-state index contributed by atoms with van der Waals surface area (Å²) in [6.07, 6.45) is 0.460. The summed E-state index contributed by atoms with van der Waals surface area (Å²) in [6.45, 7) is 3.73. The molecule has 3 N–H and O–H groups in total. The summed E-state index contributed by atoms with van der Waals surface area (Å²) in [7, 11) is 0. The molecular formula is C13H18FNO2. The van der Waals surface area contributed by atoms with Crippen molar-refractivity contribution in [2.24, 2.45) is 11.7 Å². The highest BCUT2D eigenvalue weighted by Crippen LogP contribution is 2.36. The lowest BCUT2D eigenvalue weighted by molar-refractivity contribution is -0.155. The minimum absolute atomic E-state index is 0.177. The van der Waals surface area contributed by atoms with Crippen molar-refractivity contribution in [1.82, 2.24) is 0 Å². The zero-order valence-electron chi connectivity index (χ0n) is 10.1. The van der Waals surface area contributed by atoms with E-state index in [1.165, 1.54) is 12.1 Å². The van der Waals surface area contributed by atoms with Crippen molar-refractivity contribution in [3.05, 3.63) is 35.4 Å². The molecule has 3 nitrogen and oxygen atoms in total. The minimum atomic E-state index is -2.33. The highest BCUT2D eigenvalue weighted by atomic mass is 19.1. The number of benzene rings is 1. The number of halogens is 1. The second kappa shape index (κ2) is 5.27. The van der Waals surface area contributed by atoms with Crippen molar-refractivity contribution < 1.29 is 14.3 Å². The Morgan fingerprint density at radius 1 is 1.47 bits per heavy atom. The number of rotatable bonds is 5. The number of hydrogen-bond acceptors (Lipinski definition) is 2. The van der Waals surface area contributed by atoms with Crippen molar-refractivity contribution in [3.8, 4) is 0 Å². The number of nitrogens with two attached hydrogens (primary N) is 1. The van der Waals surface area contributed by atoms with E-state index in [2.05, 4.69) is 0 Å². The lowest BCUT2D eigenvalue weighted by atomic mass is 9.82. The SMILES string of the molecule is CCC(C)C(F)(C(=O)O)c1ccc(CN)cc1. The van der Waals surface area contributed by atoms with Gasteiger partial charge in [-0.15, -0.1) is 0 Å². The molecule has 0 fully saturated rings. The summed E-state index contributed by atoms with van der Waals surface area (Å²) in [5.74, 6) is -2.02. The van der Waals surface area contributed by atoms with Gasteiger partial charge in [0.25, 0.3) is 0 Å². The van der Waals surface area contributed by atoms with Crippen molar-refractivity contribution in [1.29, 1.82) is 0 Å². The molecule has 2 unspecified atom stereocenters. The fourth-order valence-electron chi connectivity index (χ4n) is 1.78. The van der Waals surface area contributed by atoms with E-state index >= 15 is 0 Å². The van der Waals surface area contributed by atoms with Crippen LogP contribution in [-0.2, 0) is 17.0 Å². The zero-order chi connectivity index (χ0) is 13.1. The molecule has 17 heavy (non-hydrogen) atoms. The van der Waals surface area contributed by atoms with Gasteiger partial charge in [0.15, 0.2) is 0 Å². The lowest BCUT2D eigenvalue weighted by Gasteiger charge is -2.27. The zero-order valence-corrected chi connectivity index (χ0v) is 10.1. The Hall–Kier alpha value is -1.42. The van der Waals surface area contributed by atoms with E-state index in [9.17, 15) is 9.18 Å². The monoisotopic (exact) mass is 239 g/mol. The molecule has 2 atom stereocenters. The van der Waals surface area contributed by atoms with Crippen LogP contribution < -0.4 is 5.73 Å². The summed E-state index contributed by atoms with van der Waals surface area (Å²) in [6, 6.07) is 6.33. The summed E-state index contributed by atoms with van der Waals surface area (Å²) in [5, 5.41) is 9.11. The third kappa shape index (κ3) is 2.47. The summed E-state index contributed by atoms with van der Waals surface area (Å²) in [4.78, 5) is 11.2. The normalized spacial score (nSPS) is 16.2. The van der Waals surface area contributed by atoms with Gasteiger partial charge in [0, 0.05) is 18.0 Å². The predicted octanol–water partition coefficient (Wildman–Crippen LogP) is 2.44. The van der Waals surface area contributed by atoms with Gasteiger partial charge in [-0.25, -0.2) is 9.18 Å². The average molecular weight is 239 g/mol. The molecule has 4 heteroatoms. The van der Waals surface area contributed by atoms with Gasteiger partial charge in [-0.1, -0.05) is 38.1 Å². The van der Waals surface area contributed by atoms with Crippen molar-refractivity contribution >= 4 is 5.97 Å². The molecule has 0 amide bonds. The Balaban J connectivity index is 3.18. The number of carboxylic acid groups (broad SMARTS) is 1. The number of alkyl halides is 1. The van der Waals surface area contributed by atoms with Crippen LogP contribution in [0.25, 0.3) is 0 Å². The van der Waals surface area contributed by atoms with Gasteiger partial charge in [-0.05, 0) is 12.0 Å². The van der Waals surface area contributed by atoms with Crippen LogP contribution >= 0.6 is 0 Å². The van der Waals surface area contributed by atoms with Gasteiger partial charge >= 0.3 is 5.97 Å². The molecule has 0 saturated carbocycles. The third-order valence-corrected chi connectivity index (χ3v) is 3.21. The molecule has 1 aromatic rings. The van der Waals surface area contributed by atoms with Gasteiger partial charge in [0.1, 0.15) is 0 Å². The molecule has 0 radical (unpaired) electrons. The maximum absolute atomic E-state index is 14.6. The van der Waals surface area contributed by atoms with Crippen LogP contribution in [0, 0.1) is 5.92 Å². The van der Waals surface area contributed by atoms with Crippen LogP contribution in [0.3, 0.4) is 0 Å². The van der Waals surface area contributed by atoms with E-state index < -0.39 is 17.6 Å². The van der Waals surface area contributed by atoms with Crippen LogP contribution in [0.5, 0.6) is 0 Å². The maximum Gasteiger partial charge on any atom is 0.346 e. The average Bonchev–Trinajstić information content (AvgIpc) is 2.36. The fourth-order valence-corrected chi connectivity index (χ4v) is 1.78. The topological polar surface area (TPSA) is 63.3 Å². The first-order chi connectivity index (χ1) is 7.96. The van der Waals surface area contributed by atoms with Gasteiger partial charge in [0.2, 0.25) is 5.67 Å². The molecule has 0 aliphatic carbocycles. The van der Waals surface area contributed by atoms with Crippen molar-refractivity contribution in [3.63, 3.8) is 0 Å². The van der Waals surface area contributed by atoms with Gasteiger partial charge in [0.05, 0.1) is 0 Å². The van der Waals surface area contributed by atoms with E-state index in [4.69, 9.17) is 10.8 Å². The first-order valence-corrected chi connectivity index (χ1v) is 5.68. The number of hydrogen-bond donors (Lipinski definition) is 2.